The van der Waals surface area contributed by atoms with Crippen molar-refractivity contribution >= 4 is 11.9 Å². The summed E-state index contributed by atoms with van der Waals surface area (Å²) in [5.74, 6) is -1.11. The van der Waals surface area contributed by atoms with E-state index in [9.17, 15) is 9.59 Å². The van der Waals surface area contributed by atoms with Crippen molar-refractivity contribution in [3.05, 3.63) is 0 Å². The Morgan fingerprint density at radius 2 is 2.36 bits per heavy atom. The van der Waals surface area contributed by atoms with Crippen LogP contribution in [0.25, 0.3) is 0 Å². The van der Waals surface area contributed by atoms with Gasteiger partial charge < -0.3 is 9.47 Å². The summed E-state index contributed by atoms with van der Waals surface area (Å²) in [5, 5.41) is 0. The molecule has 1 heterocycles. The average molecular weight is 158 g/mol. The Balaban J connectivity index is 2.39. The molecule has 0 N–H and O–H groups in total. The molecule has 0 aromatic carbocycles. The van der Waals surface area contributed by atoms with Crippen molar-refractivity contribution in [1.29, 1.82) is 0 Å². The number of hydrogen-bond acceptors (Lipinski definition) is 4. The van der Waals surface area contributed by atoms with Gasteiger partial charge in [-0.15, -0.1) is 0 Å². The van der Waals surface area contributed by atoms with E-state index in [-0.39, 0.29) is 11.9 Å². The van der Waals surface area contributed by atoms with E-state index in [4.69, 9.17) is 0 Å². The molecule has 0 amide bonds. The van der Waals surface area contributed by atoms with E-state index in [1.54, 1.807) is 13.8 Å². The first-order valence-electron chi connectivity index (χ1n) is 3.54. The molecular weight excluding hydrogens is 148 g/mol. The van der Waals surface area contributed by atoms with E-state index in [0.29, 0.717) is 6.61 Å². The van der Waals surface area contributed by atoms with Gasteiger partial charge in [0.15, 0.2) is 0 Å². The van der Waals surface area contributed by atoms with Crippen LogP contribution in [0.15, 0.2) is 0 Å². The molecule has 0 aromatic heterocycles. The van der Waals surface area contributed by atoms with Crippen LogP contribution < -0.4 is 0 Å². The summed E-state index contributed by atoms with van der Waals surface area (Å²) in [6.07, 6.45) is -0.664. The summed E-state index contributed by atoms with van der Waals surface area (Å²) in [5.41, 5.74) is 0. The highest BCUT2D eigenvalue weighted by Gasteiger charge is 2.44. The molecule has 62 valence electrons. The van der Waals surface area contributed by atoms with Crippen LogP contribution >= 0.6 is 0 Å². The molecule has 4 heteroatoms. The Bertz CT molecular complexity index is 187. The van der Waals surface area contributed by atoms with Crippen LogP contribution in [-0.4, -0.2) is 24.6 Å². The maximum Gasteiger partial charge on any atom is 0.348 e. The second-order valence-corrected chi connectivity index (χ2v) is 2.40. The minimum Gasteiger partial charge on any atom is -0.463 e. The van der Waals surface area contributed by atoms with Gasteiger partial charge in [0.05, 0.1) is 6.61 Å². The van der Waals surface area contributed by atoms with Gasteiger partial charge in [-0.1, -0.05) is 0 Å². The van der Waals surface area contributed by atoms with Crippen LogP contribution in [0.3, 0.4) is 0 Å². The predicted molar refractivity (Wildman–Crippen MR) is 35.7 cm³/mol. The Morgan fingerprint density at radius 1 is 1.73 bits per heavy atom. The van der Waals surface area contributed by atoms with Crippen molar-refractivity contribution in [3.8, 4) is 0 Å². The second kappa shape index (κ2) is 2.90. The van der Waals surface area contributed by atoms with Crippen LogP contribution in [0, 0.1) is 5.92 Å². The molecule has 0 aromatic rings. The van der Waals surface area contributed by atoms with E-state index in [0.717, 1.165) is 0 Å². The third kappa shape index (κ3) is 1.34. The van der Waals surface area contributed by atoms with Crippen molar-refractivity contribution in [2.24, 2.45) is 5.92 Å². The number of cyclic esters (lactones) is 1. The van der Waals surface area contributed by atoms with E-state index >= 15 is 0 Å². The quantitative estimate of drug-likeness (QED) is 0.535. The van der Waals surface area contributed by atoms with Gasteiger partial charge in [0.1, 0.15) is 5.92 Å². The highest BCUT2D eigenvalue weighted by atomic mass is 16.6. The van der Waals surface area contributed by atoms with Crippen LogP contribution in [-0.2, 0) is 19.1 Å². The molecular formula is C7H10O4. The molecule has 1 fully saturated rings. The van der Waals surface area contributed by atoms with E-state index < -0.39 is 12.1 Å². The molecule has 1 aliphatic rings. The molecule has 0 saturated carbocycles. The maximum absolute atomic E-state index is 10.9. The summed E-state index contributed by atoms with van der Waals surface area (Å²) < 4.78 is 9.20. The number of rotatable bonds is 2. The molecule has 1 aliphatic heterocycles. The lowest BCUT2D eigenvalue weighted by atomic mass is 10.00. The zero-order chi connectivity index (χ0) is 8.43. The Hall–Kier alpha value is -1.06. The highest BCUT2D eigenvalue weighted by Crippen LogP contribution is 2.22. The summed E-state index contributed by atoms with van der Waals surface area (Å²) in [7, 11) is 0. The fourth-order valence-electron chi connectivity index (χ4n) is 0.862. The van der Waals surface area contributed by atoms with Gasteiger partial charge in [-0.3, -0.25) is 4.79 Å². The average Bonchev–Trinajstić information content (AvgIpc) is 1.99. The lowest BCUT2D eigenvalue weighted by molar-refractivity contribution is -0.196. The number of carbonyl (C=O) groups excluding carboxylic acids is 2. The molecule has 4 nitrogen and oxygen atoms in total. The Kier molecular flexibility index (Phi) is 2.12. The lowest BCUT2D eigenvalue weighted by Gasteiger charge is -2.29. The minimum atomic E-state index is -0.664. The van der Waals surface area contributed by atoms with Gasteiger partial charge in [-0.05, 0) is 13.8 Å². The molecule has 0 bridgehead atoms. The lowest BCUT2D eigenvalue weighted by Crippen LogP contribution is -2.49. The van der Waals surface area contributed by atoms with Crippen LogP contribution in [0.2, 0.25) is 0 Å². The molecule has 2 atom stereocenters. The minimum absolute atomic E-state index is 0.319. The first-order valence-corrected chi connectivity index (χ1v) is 3.54. The molecule has 0 unspecified atom stereocenters. The zero-order valence-corrected chi connectivity index (χ0v) is 6.49. The largest absolute Gasteiger partial charge is 0.463 e. The number of ether oxygens (including phenoxy) is 2. The first kappa shape index (κ1) is 8.04. The molecule has 0 spiro atoms. The van der Waals surface area contributed by atoms with Gasteiger partial charge in [0.25, 0.3) is 0 Å². The van der Waals surface area contributed by atoms with Gasteiger partial charge in [-0.25, -0.2) is 4.79 Å². The van der Waals surface area contributed by atoms with Gasteiger partial charge >= 0.3 is 11.9 Å². The van der Waals surface area contributed by atoms with Crippen molar-refractivity contribution in [2.45, 2.75) is 20.0 Å². The van der Waals surface area contributed by atoms with Crippen molar-refractivity contribution in [2.75, 3.05) is 6.61 Å². The standard InChI is InChI=1S/C7H10O4/c1-3-10-7(9)5-4(2)6(8)11-5/h4-5H,3H2,1-2H3/t4-,5-/m0/s1. The second-order valence-electron chi connectivity index (χ2n) is 2.40. The molecule has 0 aliphatic carbocycles. The van der Waals surface area contributed by atoms with Gasteiger partial charge in [0.2, 0.25) is 6.10 Å². The van der Waals surface area contributed by atoms with E-state index in [1.165, 1.54) is 0 Å². The van der Waals surface area contributed by atoms with E-state index in [1.807, 2.05) is 0 Å². The van der Waals surface area contributed by atoms with Crippen LogP contribution in [0.4, 0.5) is 0 Å². The van der Waals surface area contributed by atoms with E-state index in [2.05, 4.69) is 9.47 Å². The fraction of sp³-hybridized carbons (Fsp3) is 0.714. The summed E-state index contributed by atoms with van der Waals surface area (Å²) >= 11 is 0. The molecule has 11 heavy (non-hydrogen) atoms. The highest BCUT2D eigenvalue weighted by molar-refractivity contribution is 5.91. The Morgan fingerprint density at radius 3 is 2.73 bits per heavy atom. The summed E-state index contributed by atoms with van der Waals surface area (Å²) in [6.45, 7) is 3.68. The third-order valence-electron chi connectivity index (χ3n) is 1.59. The SMILES string of the molecule is CCOC(=O)[C@H]1OC(=O)[C@H]1C. The van der Waals surface area contributed by atoms with Crippen molar-refractivity contribution in [1.82, 2.24) is 0 Å². The normalized spacial score (nSPS) is 28.7. The third-order valence-corrected chi connectivity index (χ3v) is 1.59. The predicted octanol–water partition coefficient (Wildman–Crippen LogP) is 0.111. The maximum atomic E-state index is 10.9. The number of hydrogen-bond donors (Lipinski definition) is 0. The Labute approximate surface area is 64.5 Å². The summed E-state index contributed by atoms with van der Waals surface area (Å²) in [6, 6.07) is 0. The first-order chi connectivity index (χ1) is 5.16. The molecule has 1 saturated heterocycles. The van der Waals surface area contributed by atoms with Gasteiger partial charge in [-0.2, -0.15) is 0 Å². The monoisotopic (exact) mass is 158 g/mol. The van der Waals surface area contributed by atoms with Crippen LogP contribution in [0.5, 0.6) is 0 Å². The number of carbonyl (C=O) groups is 2. The topological polar surface area (TPSA) is 52.6 Å². The molecule has 0 radical (unpaired) electrons. The fourth-order valence-corrected chi connectivity index (χ4v) is 0.862. The van der Waals surface area contributed by atoms with Crippen molar-refractivity contribution in [3.63, 3.8) is 0 Å². The van der Waals surface area contributed by atoms with Gasteiger partial charge in [0, 0.05) is 0 Å². The smallest absolute Gasteiger partial charge is 0.348 e. The molecule has 1 rings (SSSR count). The zero-order valence-electron chi connectivity index (χ0n) is 6.49. The number of esters is 2. The van der Waals surface area contributed by atoms with Crippen LogP contribution in [0.1, 0.15) is 13.8 Å². The summed E-state index contributed by atoms with van der Waals surface area (Å²) in [4.78, 5) is 21.4. The van der Waals surface area contributed by atoms with Crippen molar-refractivity contribution < 1.29 is 19.1 Å².